The van der Waals surface area contributed by atoms with Crippen molar-refractivity contribution in [3.05, 3.63) is 83.6 Å². The fraction of sp³-hybridized carbons (Fsp3) is 0.469. The number of morpholine rings is 1. The lowest BCUT2D eigenvalue weighted by molar-refractivity contribution is -0.122. The third-order valence-electron chi connectivity index (χ3n) is 8.51. The number of aromatic nitrogens is 2. The number of fused-ring (bicyclic) bond motifs is 1. The predicted octanol–water partition coefficient (Wildman–Crippen LogP) is 3.06. The Hall–Kier alpha value is -3.44. The molecule has 0 radical (unpaired) electrons. The van der Waals surface area contributed by atoms with E-state index in [1.165, 1.54) is 12.1 Å². The van der Waals surface area contributed by atoms with E-state index < -0.39 is 0 Å². The van der Waals surface area contributed by atoms with E-state index in [9.17, 15) is 9.18 Å². The Morgan fingerprint density at radius 3 is 2.74 bits per heavy atom. The maximum atomic E-state index is 14.4. The van der Waals surface area contributed by atoms with Gasteiger partial charge < -0.3 is 14.8 Å². The second-order valence-electron chi connectivity index (χ2n) is 11.7. The van der Waals surface area contributed by atoms with E-state index in [-0.39, 0.29) is 36.4 Å². The van der Waals surface area contributed by atoms with Crippen LogP contribution in [0.2, 0.25) is 0 Å². The van der Waals surface area contributed by atoms with E-state index in [2.05, 4.69) is 38.9 Å². The zero-order valence-electron chi connectivity index (χ0n) is 24.3. The van der Waals surface area contributed by atoms with Gasteiger partial charge in [0.2, 0.25) is 11.8 Å². The fourth-order valence-electron chi connectivity index (χ4n) is 6.19. The highest BCUT2D eigenvalue weighted by Crippen LogP contribution is 2.39. The third-order valence-corrected chi connectivity index (χ3v) is 8.51. The zero-order valence-corrected chi connectivity index (χ0v) is 24.3. The van der Waals surface area contributed by atoms with Crippen molar-refractivity contribution in [2.75, 3.05) is 57.4 Å². The zero-order chi connectivity index (χ0) is 29.1. The quantitative estimate of drug-likeness (QED) is 0.461. The summed E-state index contributed by atoms with van der Waals surface area (Å²) in [5.74, 6) is 0.178. The molecule has 10 heteroatoms. The minimum absolute atomic E-state index is 0.00302. The number of halogens is 1. The molecule has 3 aliphatic heterocycles. The monoisotopic (exact) mass is 574 g/mol. The predicted molar refractivity (Wildman–Crippen MR) is 158 cm³/mol. The molecule has 1 N–H and O–H groups in total. The maximum absolute atomic E-state index is 14.4. The Bertz CT molecular complexity index is 1360. The van der Waals surface area contributed by atoms with Crippen molar-refractivity contribution in [1.29, 1.82) is 0 Å². The van der Waals surface area contributed by atoms with Gasteiger partial charge in [0.25, 0.3) is 0 Å². The van der Waals surface area contributed by atoms with Gasteiger partial charge >= 0.3 is 0 Å². The second kappa shape index (κ2) is 12.8. The van der Waals surface area contributed by atoms with Gasteiger partial charge in [0.15, 0.2) is 0 Å². The molecule has 6 rings (SSSR count). The normalized spacial score (nSPS) is 25.1. The molecule has 2 fully saturated rings. The van der Waals surface area contributed by atoms with Crippen molar-refractivity contribution >= 4 is 11.6 Å². The number of hydrogen-bond donors (Lipinski definition) is 1. The summed E-state index contributed by atoms with van der Waals surface area (Å²) in [7, 11) is 0. The number of pyridine rings is 2. The minimum atomic E-state index is -0.334. The van der Waals surface area contributed by atoms with Gasteiger partial charge in [0, 0.05) is 62.9 Å². The van der Waals surface area contributed by atoms with Crippen LogP contribution in [0.4, 0.5) is 10.1 Å². The summed E-state index contributed by atoms with van der Waals surface area (Å²) in [5, 5.41) is 3.62. The first-order chi connectivity index (χ1) is 20.4. The van der Waals surface area contributed by atoms with Gasteiger partial charge in [-0.1, -0.05) is 18.2 Å². The first kappa shape index (κ1) is 28.7. The number of piperazine rings is 1. The highest BCUT2D eigenvalue weighted by atomic mass is 19.1. The van der Waals surface area contributed by atoms with Crippen LogP contribution in [0.25, 0.3) is 0 Å². The Balaban J connectivity index is 1.29. The van der Waals surface area contributed by atoms with Gasteiger partial charge in [-0.2, -0.15) is 0 Å². The molecule has 1 aromatic carbocycles. The van der Waals surface area contributed by atoms with E-state index in [0.29, 0.717) is 30.6 Å². The Morgan fingerprint density at radius 1 is 1.10 bits per heavy atom. The lowest BCUT2D eigenvalue weighted by Gasteiger charge is -2.44. The highest BCUT2D eigenvalue weighted by molar-refractivity contribution is 5.97. The largest absolute Gasteiger partial charge is 0.474 e. The van der Waals surface area contributed by atoms with E-state index in [0.717, 1.165) is 56.1 Å². The fourth-order valence-corrected chi connectivity index (χ4v) is 6.19. The van der Waals surface area contributed by atoms with E-state index in [4.69, 9.17) is 9.47 Å². The van der Waals surface area contributed by atoms with Gasteiger partial charge in [-0.25, -0.2) is 9.37 Å². The van der Waals surface area contributed by atoms with E-state index >= 15 is 0 Å². The van der Waals surface area contributed by atoms with Crippen LogP contribution in [0.15, 0.2) is 61.1 Å². The minimum Gasteiger partial charge on any atom is -0.474 e. The molecule has 3 aromatic rings. The van der Waals surface area contributed by atoms with Crippen molar-refractivity contribution in [2.24, 2.45) is 0 Å². The topological polar surface area (TPSA) is 83.1 Å². The van der Waals surface area contributed by atoms with Crippen LogP contribution in [0, 0.1) is 5.82 Å². The highest BCUT2D eigenvalue weighted by Gasteiger charge is 2.38. The number of hydrogen-bond acceptors (Lipinski definition) is 8. The lowest BCUT2D eigenvalue weighted by Crippen LogP contribution is -2.62. The summed E-state index contributed by atoms with van der Waals surface area (Å²) < 4.78 is 25.3. The van der Waals surface area contributed by atoms with Crippen LogP contribution in [0.1, 0.15) is 36.6 Å². The summed E-state index contributed by atoms with van der Waals surface area (Å²) in [4.78, 5) is 30.0. The Kier molecular flexibility index (Phi) is 8.76. The molecule has 0 bridgehead atoms. The number of nitrogens with zero attached hydrogens (tertiary/aromatic N) is 5. The summed E-state index contributed by atoms with van der Waals surface area (Å²) in [6.07, 6.45) is 5.86. The molecule has 0 spiro atoms. The van der Waals surface area contributed by atoms with Gasteiger partial charge in [0.05, 0.1) is 25.8 Å². The molecule has 9 nitrogen and oxygen atoms in total. The average molecular weight is 575 g/mol. The Morgan fingerprint density at radius 2 is 1.95 bits per heavy atom. The van der Waals surface area contributed by atoms with Crippen LogP contribution in [-0.4, -0.2) is 96.3 Å². The van der Waals surface area contributed by atoms with Crippen molar-refractivity contribution in [1.82, 2.24) is 25.1 Å². The number of rotatable bonds is 7. The van der Waals surface area contributed by atoms with Gasteiger partial charge in [0.1, 0.15) is 18.1 Å². The number of carbonyl (C=O) groups excluding carboxylic acids is 1. The first-order valence-electron chi connectivity index (χ1n) is 14.8. The Labute approximate surface area is 246 Å². The number of amides is 1. The molecule has 42 heavy (non-hydrogen) atoms. The second-order valence-corrected chi connectivity index (χ2v) is 11.7. The van der Waals surface area contributed by atoms with E-state index in [1.807, 2.05) is 23.1 Å². The lowest BCUT2D eigenvalue weighted by atomic mass is 10.0. The van der Waals surface area contributed by atoms with Crippen LogP contribution < -0.4 is 15.0 Å². The van der Waals surface area contributed by atoms with E-state index in [1.54, 1.807) is 30.7 Å². The molecule has 5 heterocycles. The first-order valence-corrected chi connectivity index (χ1v) is 14.8. The standard InChI is InChI=1S/C32H39FN6O3/c1-22-17-38(28(16-35-22)18-37-10-11-41-20-23(37)2)19-31(40)39-29-13-25(12-24-5-7-27(33)8-6-24)14-36-32(29)42-21-30(39)26-4-3-9-34-15-26/h3-9,13-15,22-23,28,30,35H,10-12,16-21H2,1-2H3/t22-,23-,28-,30?/m1/s1. The van der Waals surface area contributed by atoms with Crippen LogP contribution in [-0.2, 0) is 16.0 Å². The molecule has 0 saturated carbocycles. The molecule has 4 atom stereocenters. The van der Waals surface area contributed by atoms with Crippen LogP contribution in [0.3, 0.4) is 0 Å². The third kappa shape index (κ3) is 6.47. The van der Waals surface area contributed by atoms with Crippen LogP contribution in [0.5, 0.6) is 5.88 Å². The SMILES string of the molecule is C[C@@H]1CN(CC(=O)N2c3cc(Cc4ccc(F)cc4)cnc3OCC2c2cccnc2)[C@@H](CN2CCOC[C@H]2C)CN1. The number of ether oxygens (including phenoxy) is 2. The molecule has 2 saturated heterocycles. The van der Waals surface area contributed by atoms with Crippen molar-refractivity contribution < 1.29 is 18.7 Å². The molecule has 222 valence electrons. The molecule has 3 aliphatic rings. The van der Waals surface area contributed by atoms with Gasteiger partial charge in [-0.05, 0) is 61.2 Å². The summed E-state index contributed by atoms with van der Waals surface area (Å²) in [6.45, 7) is 9.82. The molecule has 0 aliphatic carbocycles. The smallest absolute Gasteiger partial charge is 0.242 e. The van der Waals surface area contributed by atoms with Crippen molar-refractivity contribution in [2.45, 2.75) is 44.4 Å². The van der Waals surface area contributed by atoms with Crippen LogP contribution >= 0.6 is 0 Å². The maximum Gasteiger partial charge on any atom is 0.242 e. The molecule has 1 amide bonds. The molecule has 2 aromatic heterocycles. The average Bonchev–Trinajstić information content (AvgIpc) is 3.00. The number of carbonyl (C=O) groups is 1. The van der Waals surface area contributed by atoms with Crippen molar-refractivity contribution in [3.8, 4) is 5.88 Å². The summed E-state index contributed by atoms with van der Waals surface area (Å²) >= 11 is 0. The van der Waals surface area contributed by atoms with Crippen molar-refractivity contribution in [3.63, 3.8) is 0 Å². The number of benzene rings is 1. The molecular formula is C32H39FN6O3. The van der Waals surface area contributed by atoms with Gasteiger partial charge in [-0.3, -0.25) is 24.5 Å². The number of nitrogens with one attached hydrogen (secondary N) is 1. The summed E-state index contributed by atoms with van der Waals surface area (Å²) in [6, 6.07) is 12.8. The molecule has 1 unspecified atom stereocenters. The summed E-state index contributed by atoms with van der Waals surface area (Å²) in [5.41, 5.74) is 3.45. The number of anilines is 1. The molecular weight excluding hydrogens is 535 g/mol. The van der Waals surface area contributed by atoms with Gasteiger partial charge in [-0.15, -0.1) is 0 Å².